The summed E-state index contributed by atoms with van der Waals surface area (Å²) in [5, 5.41) is 1.80. The number of piperidine rings is 1. The van der Waals surface area contributed by atoms with E-state index in [4.69, 9.17) is 16.0 Å². The molecular weight excluding hydrogens is 446 g/mol. The second-order valence-corrected chi connectivity index (χ2v) is 8.91. The highest BCUT2D eigenvalue weighted by atomic mass is 16.7. The van der Waals surface area contributed by atoms with Crippen LogP contribution in [0.1, 0.15) is 46.1 Å². The van der Waals surface area contributed by atoms with Crippen molar-refractivity contribution < 1.29 is 14.4 Å². The summed E-state index contributed by atoms with van der Waals surface area (Å²) in [4.78, 5) is 17.4. The van der Waals surface area contributed by atoms with Gasteiger partial charge >= 0.3 is 0 Å². The third-order valence-corrected chi connectivity index (χ3v) is 5.03. The van der Waals surface area contributed by atoms with Gasteiger partial charge in [-0.25, -0.2) is 4.79 Å². The lowest BCUT2D eigenvalue weighted by atomic mass is 9.80. The predicted octanol–water partition coefficient (Wildman–Crippen LogP) is 3.53. The van der Waals surface area contributed by atoms with Crippen LogP contribution in [-0.2, 0) is 21.0 Å². The largest absolute Gasteiger partial charge is 0.384 e. The van der Waals surface area contributed by atoms with Gasteiger partial charge in [0.2, 0.25) is 0 Å². The normalized spacial score (nSPS) is 14.6. The highest BCUT2D eigenvalue weighted by Gasteiger charge is 2.48. The molecule has 0 radical (unpaired) electrons. The molecule has 176 valence electrons. The molecule has 0 N–H and O–H groups in total. The number of ether oxygens (including phenoxy) is 1. The fourth-order valence-electron chi connectivity index (χ4n) is 3.89. The van der Waals surface area contributed by atoms with Gasteiger partial charge in [0.15, 0.2) is 5.94 Å². The van der Waals surface area contributed by atoms with Crippen molar-refractivity contribution in [3.63, 3.8) is 0 Å². The molecule has 0 aliphatic carbocycles. The summed E-state index contributed by atoms with van der Waals surface area (Å²) in [6.45, 7) is 8.73. The van der Waals surface area contributed by atoms with Crippen LogP contribution < -0.4 is 0 Å². The fourth-order valence-corrected chi connectivity index (χ4v) is 3.89. The average Bonchev–Trinajstić information content (AvgIpc) is 2.84. The molecule has 1 saturated heterocycles. The summed E-state index contributed by atoms with van der Waals surface area (Å²) >= 11 is 0. The Labute approximate surface area is 214 Å². The third kappa shape index (κ3) is 9.28. The quantitative estimate of drug-likeness (QED) is 0.374. The first-order chi connectivity index (χ1) is 17.3. The number of terminal acetylenes is 1. The Balaban J connectivity index is 1.99. The van der Waals surface area contributed by atoms with Crippen molar-refractivity contribution in [2.24, 2.45) is 0 Å². The molecule has 0 saturated carbocycles. The Kier molecular flexibility index (Phi) is 10.6. The van der Waals surface area contributed by atoms with E-state index in [1.54, 1.807) is 11.0 Å². The Morgan fingerprint density at radius 1 is 0.861 bits per heavy atom. The summed E-state index contributed by atoms with van der Waals surface area (Å²) in [5.41, 5.74) is 0.293. The lowest BCUT2D eigenvalue weighted by Gasteiger charge is -2.52. The van der Waals surface area contributed by atoms with Gasteiger partial charge in [-0.05, 0) is 123 Å². The van der Waals surface area contributed by atoms with Crippen LogP contribution in [0.25, 0.3) is 0 Å². The van der Waals surface area contributed by atoms with E-state index in [0.29, 0.717) is 6.61 Å². The maximum Gasteiger partial charge on any atom is 0.281 e. The minimum atomic E-state index is -0.419. The van der Waals surface area contributed by atoms with Gasteiger partial charge in [-0.15, -0.1) is 11.5 Å². The molecule has 1 aromatic carbocycles. The molecule has 0 spiro atoms. The van der Waals surface area contributed by atoms with Crippen molar-refractivity contribution in [1.82, 2.24) is 5.06 Å². The monoisotopic (exact) mass is 471 g/mol. The predicted molar refractivity (Wildman–Crippen MR) is 140 cm³/mol. The van der Waals surface area contributed by atoms with Crippen LogP contribution in [0.15, 0.2) is 36.1 Å². The number of hydrogen-bond donors (Lipinski definition) is 0. The Bertz CT molecular complexity index is 1400. The number of hydroxylamine groups is 2. The van der Waals surface area contributed by atoms with Crippen molar-refractivity contribution in [2.75, 3.05) is 0 Å². The molecule has 0 atom stereocenters. The number of carbonyl (C=O) groups excluding carboxylic acids is 1. The molecule has 4 heteroatoms. The molecule has 0 bridgehead atoms. The van der Waals surface area contributed by atoms with Gasteiger partial charge in [0.1, 0.15) is 0 Å². The SMILES string of the molecule is C#CC#CC#CC#CC#CC#CC#CC(=C=O)ON1C(C)(C)CC(OCc2ccccc2)CC1(C)C. The smallest absolute Gasteiger partial charge is 0.281 e. The number of nitrogens with zero attached hydrogens (tertiary/aromatic N) is 1. The van der Waals surface area contributed by atoms with Crippen molar-refractivity contribution in [2.45, 2.75) is 64.3 Å². The lowest BCUT2D eigenvalue weighted by molar-refractivity contribution is -0.270. The van der Waals surface area contributed by atoms with Gasteiger partial charge in [0, 0.05) is 0 Å². The van der Waals surface area contributed by atoms with Crippen molar-refractivity contribution in [3.8, 4) is 83.4 Å². The molecule has 0 unspecified atom stereocenters. The maximum atomic E-state index is 11.5. The summed E-state index contributed by atoms with van der Waals surface area (Å²) in [6, 6.07) is 10.1. The first-order valence-electron chi connectivity index (χ1n) is 11.1. The van der Waals surface area contributed by atoms with Crippen LogP contribution in [0.3, 0.4) is 0 Å². The van der Waals surface area contributed by atoms with E-state index in [2.05, 4.69) is 77.0 Å². The molecule has 0 aromatic heterocycles. The van der Waals surface area contributed by atoms with Crippen LogP contribution in [0.4, 0.5) is 0 Å². The van der Waals surface area contributed by atoms with Crippen LogP contribution in [0.2, 0.25) is 0 Å². The van der Waals surface area contributed by atoms with E-state index in [0.717, 1.165) is 18.4 Å². The maximum absolute atomic E-state index is 11.5. The summed E-state index contributed by atoms with van der Waals surface area (Å²) in [5.74, 6) is 33.7. The number of allylic oxidation sites excluding steroid dienone is 1. The van der Waals surface area contributed by atoms with Gasteiger partial charge in [0.05, 0.1) is 23.8 Å². The van der Waals surface area contributed by atoms with Crippen LogP contribution >= 0.6 is 0 Å². The summed E-state index contributed by atoms with van der Waals surface area (Å²) in [6.07, 6.45) is 6.45. The first kappa shape index (κ1) is 27.6. The zero-order chi connectivity index (χ0) is 26.3. The molecule has 4 nitrogen and oxygen atoms in total. The number of rotatable bonds is 5. The molecule has 1 fully saturated rings. The molecule has 1 aromatic rings. The molecule has 0 amide bonds. The Morgan fingerprint density at radius 3 is 1.86 bits per heavy atom. The van der Waals surface area contributed by atoms with Crippen LogP contribution in [0.5, 0.6) is 0 Å². The van der Waals surface area contributed by atoms with E-state index < -0.39 is 11.1 Å². The molecule has 1 aliphatic heterocycles. The van der Waals surface area contributed by atoms with Crippen LogP contribution in [0, 0.1) is 83.4 Å². The van der Waals surface area contributed by atoms with Crippen LogP contribution in [-0.4, -0.2) is 28.2 Å². The highest BCUT2D eigenvalue weighted by Crippen LogP contribution is 2.40. The highest BCUT2D eigenvalue weighted by molar-refractivity contribution is 5.58. The molecule has 1 aliphatic rings. The van der Waals surface area contributed by atoms with Crippen molar-refractivity contribution in [3.05, 3.63) is 41.7 Å². The standard InChI is InChI=1S/C32H25NO3/c1-6-7-8-9-10-11-12-13-14-15-16-20-23-29(26-34)36-33-31(2,3)24-30(25-32(33,4)5)35-27-28-21-18-17-19-22-28/h1,17-19,21-22,30H,24-25,27H2,2-5H3. The fraction of sp³-hybridized carbons (Fsp3) is 0.312. The van der Waals surface area contributed by atoms with Gasteiger partial charge < -0.3 is 9.57 Å². The van der Waals surface area contributed by atoms with Crippen molar-refractivity contribution in [1.29, 1.82) is 0 Å². The second kappa shape index (κ2) is 13.9. The van der Waals surface area contributed by atoms with E-state index in [9.17, 15) is 4.79 Å². The number of benzene rings is 1. The average molecular weight is 472 g/mol. The minimum absolute atomic E-state index is 0.0409. The number of hydrogen-bond acceptors (Lipinski definition) is 4. The van der Waals surface area contributed by atoms with E-state index in [1.807, 2.05) is 58.0 Å². The van der Waals surface area contributed by atoms with Crippen molar-refractivity contribution >= 4 is 5.94 Å². The Morgan fingerprint density at radius 2 is 1.36 bits per heavy atom. The topological polar surface area (TPSA) is 38.8 Å². The second-order valence-electron chi connectivity index (χ2n) is 8.91. The molecular formula is C32H25NO3. The van der Waals surface area contributed by atoms with E-state index >= 15 is 0 Å². The lowest BCUT2D eigenvalue weighted by Crippen LogP contribution is -2.61. The zero-order valence-corrected chi connectivity index (χ0v) is 20.8. The first-order valence-corrected chi connectivity index (χ1v) is 11.1. The third-order valence-electron chi connectivity index (χ3n) is 5.03. The molecule has 1 heterocycles. The van der Waals surface area contributed by atoms with E-state index in [1.165, 1.54) is 0 Å². The van der Waals surface area contributed by atoms with E-state index in [-0.39, 0.29) is 11.9 Å². The zero-order valence-electron chi connectivity index (χ0n) is 20.8. The van der Waals surface area contributed by atoms with Gasteiger partial charge in [-0.2, -0.15) is 0 Å². The van der Waals surface area contributed by atoms with Gasteiger partial charge in [0.25, 0.3) is 5.76 Å². The summed E-state index contributed by atoms with van der Waals surface area (Å²) < 4.78 is 6.21. The Hall–Kier alpha value is -4.69. The summed E-state index contributed by atoms with van der Waals surface area (Å²) in [7, 11) is 0. The molecule has 2 rings (SSSR count). The molecule has 36 heavy (non-hydrogen) atoms. The minimum Gasteiger partial charge on any atom is -0.384 e. The van der Waals surface area contributed by atoms with Gasteiger partial charge in [-0.3, -0.25) is 0 Å². The van der Waals surface area contributed by atoms with Gasteiger partial charge in [-0.1, -0.05) is 30.3 Å².